The van der Waals surface area contributed by atoms with Crippen LogP contribution >= 0.6 is 0 Å². The third-order valence-corrected chi connectivity index (χ3v) is 6.70. The number of amides is 1. The predicted molar refractivity (Wildman–Crippen MR) is 85.5 cm³/mol. The van der Waals surface area contributed by atoms with Gasteiger partial charge in [0.25, 0.3) is 0 Å². The predicted octanol–water partition coefficient (Wildman–Crippen LogP) is 1.16. The summed E-state index contributed by atoms with van der Waals surface area (Å²) in [6.07, 6.45) is 1.92. The minimum atomic E-state index is -3.62. The Morgan fingerprint density at radius 2 is 2.12 bits per heavy atom. The summed E-state index contributed by atoms with van der Waals surface area (Å²) in [6.45, 7) is 2.47. The average Bonchev–Trinajstić information content (AvgIpc) is 3.23. The summed E-state index contributed by atoms with van der Waals surface area (Å²) in [6, 6.07) is 6.82. The highest BCUT2D eigenvalue weighted by molar-refractivity contribution is 7.89. The molecule has 2 fully saturated rings. The van der Waals surface area contributed by atoms with Crippen LogP contribution in [0.5, 0.6) is 0 Å². The topological polar surface area (TPSA) is 92.5 Å². The van der Waals surface area contributed by atoms with Gasteiger partial charge in [0.15, 0.2) is 5.76 Å². The first kappa shape index (κ1) is 15.3. The van der Waals surface area contributed by atoms with Crippen molar-refractivity contribution < 1.29 is 17.7 Å². The lowest BCUT2D eigenvalue weighted by Gasteiger charge is -2.19. The van der Waals surface area contributed by atoms with Crippen molar-refractivity contribution in [3.05, 3.63) is 36.0 Å². The van der Waals surface area contributed by atoms with E-state index < -0.39 is 10.0 Å². The van der Waals surface area contributed by atoms with E-state index in [1.165, 1.54) is 10.5 Å². The number of nitrogens with zero attached hydrogens (tertiary/aromatic N) is 2. The maximum atomic E-state index is 13.1. The molecule has 0 unspecified atom stereocenters. The maximum absolute atomic E-state index is 13.1. The standard InChI is InChI=1S/C16H17N3O4S/c1-10-2-3-11(14-4-5-17-23-14)6-15(10)24(21,22)19-8-12-7-16(20)18-13(12)9-19/h2-6,12-13H,7-9H2,1H3,(H,18,20)/t12-,13+/m0/s1. The van der Waals surface area contributed by atoms with Crippen LogP contribution in [0.25, 0.3) is 11.3 Å². The molecular weight excluding hydrogens is 330 g/mol. The van der Waals surface area contributed by atoms with Crippen molar-refractivity contribution in [3.8, 4) is 11.3 Å². The van der Waals surface area contributed by atoms with Crippen molar-refractivity contribution in [1.29, 1.82) is 0 Å². The molecule has 4 rings (SSSR count). The normalized spacial score (nSPS) is 24.1. The number of nitrogens with one attached hydrogen (secondary N) is 1. The molecule has 0 aliphatic carbocycles. The number of benzene rings is 1. The number of hydrogen-bond donors (Lipinski definition) is 1. The van der Waals surface area contributed by atoms with Crippen molar-refractivity contribution in [2.75, 3.05) is 13.1 Å². The summed E-state index contributed by atoms with van der Waals surface area (Å²) >= 11 is 0. The molecule has 7 nitrogen and oxygen atoms in total. The number of aromatic nitrogens is 1. The summed E-state index contributed by atoms with van der Waals surface area (Å²) in [4.78, 5) is 11.7. The third kappa shape index (κ3) is 2.42. The zero-order valence-electron chi connectivity index (χ0n) is 13.1. The van der Waals surface area contributed by atoms with Crippen LogP contribution in [0.15, 0.2) is 39.9 Å². The van der Waals surface area contributed by atoms with Crippen LogP contribution < -0.4 is 5.32 Å². The molecule has 8 heteroatoms. The highest BCUT2D eigenvalue weighted by Crippen LogP contribution is 2.32. The number of carbonyl (C=O) groups excluding carboxylic acids is 1. The smallest absolute Gasteiger partial charge is 0.243 e. The lowest BCUT2D eigenvalue weighted by molar-refractivity contribution is -0.119. The molecule has 0 bridgehead atoms. The Morgan fingerprint density at radius 1 is 1.29 bits per heavy atom. The van der Waals surface area contributed by atoms with Crippen molar-refractivity contribution >= 4 is 15.9 Å². The van der Waals surface area contributed by atoms with E-state index in [0.29, 0.717) is 36.4 Å². The van der Waals surface area contributed by atoms with E-state index in [1.807, 2.05) is 6.07 Å². The number of hydrogen-bond acceptors (Lipinski definition) is 5. The first-order valence-electron chi connectivity index (χ1n) is 7.76. The van der Waals surface area contributed by atoms with Gasteiger partial charge >= 0.3 is 0 Å². The Kier molecular flexibility index (Phi) is 3.47. The summed E-state index contributed by atoms with van der Waals surface area (Å²) in [7, 11) is -3.62. The number of sulfonamides is 1. The monoisotopic (exact) mass is 347 g/mol. The van der Waals surface area contributed by atoms with Crippen molar-refractivity contribution in [3.63, 3.8) is 0 Å². The lowest BCUT2D eigenvalue weighted by atomic mass is 10.1. The Labute approximate surface area is 139 Å². The first-order valence-corrected chi connectivity index (χ1v) is 9.20. The molecule has 3 heterocycles. The highest BCUT2D eigenvalue weighted by Gasteiger charge is 2.44. The van der Waals surface area contributed by atoms with E-state index in [0.717, 1.165) is 0 Å². The van der Waals surface area contributed by atoms with Crippen LogP contribution in [0.4, 0.5) is 0 Å². The fraction of sp³-hybridized carbons (Fsp3) is 0.375. The highest BCUT2D eigenvalue weighted by atomic mass is 32.2. The van der Waals surface area contributed by atoms with Gasteiger partial charge in [0.05, 0.1) is 11.1 Å². The van der Waals surface area contributed by atoms with Gasteiger partial charge in [0.2, 0.25) is 15.9 Å². The maximum Gasteiger partial charge on any atom is 0.243 e. The third-order valence-electron chi connectivity index (χ3n) is 4.73. The molecule has 126 valence electrons. The minimum absolute atomic E-state index is 0.00513. The van der Waals surface area contributed by atoms with E-state index in [2.05, 4.69) is 10.5 Å². The van der Waals surface area contributed by atoms with Crippen LogP contribution in [-0.2, 0) is 14.8 Å². The molecule has 0 saturated carbocycles. The molecule has 0 spiro atoms. The second-order valence-electron chi connectivity index (χ2n) is 6.32. The quantitative estimate of drug-likeness (QED) is 0.899. The van der Waals surface area contributed by atoms with Crippen LogP contribution in [0.2, 0.25) is 0 Å². The summed E-state index contributed by atoms with van der Waals surface area (Å²) < 4.78 is 32.7. The molecule has 24 heavy (non-hydrogen) atoms. The Morgan fingerprint density at radius 3 is 2.83 bits per heavy atom. The number of rotatable bonds is 3. The van der Waals surface area contributed by atoms with Gasteiger partial charge in [-0.05, 0) is 18.6 Å². The van der Waals surface area contributed by atoms with Gasteiger partial charge < -0.3 is 9.84 Å². The number of fused-ring (bicyclic) bond motifs is 1. The average molecular weight is 347 g/mol. The van der Waals surface area contributed by atoms with Gasteiger partial charge in [-0.2, -0.15) is 4.31 Å². The SMILES string of the molecule is Cc1ccc(-c2ccno2)cc1S(=O)(=O)N1C[C@@H]2CC(=O)N[C@@H]2C1. The van der Waals surface area contributed by atoms with Gasteiger partial charge in [-0.1, -0.05) is 17.3 Å². The molecule has 1 amide bonds. The zero-order valence-corrected chi connectivity index (χ0v) is 13.9. The van der Waals surface area contributed by atoms with Gasteiger partial charge in [-0.15, -0.1) is 0 Å². The molecule has 2 aromatic rings. The van der Waals surface area contributed by atoms with Gasteiger partial charge in [0.1, 0.15) is 0 Å². The van der Waals surface area contributed by atoms with Crippen LogP contribution in [0, 0.1) is 12.8 Å². The fourth-order valence-corrected chi connectivity index (χ4v) is 5.21. The molecule has 0 radical (unpaired) electrons. The van der Waals surface area contributed by atoms with Gasteiger partial charge in [-0.25, -0.2) is 8.42 Å². The second-order valence-corrected chi connectivity index (χ2v) is 8.22. The van der Waals surface area contributed by atoms with E-state index in [-0.39, 0.29) is 22.8 Å². The largest absolute Gasteiger partial charge is 0.356 e. The van der Waals surface area contributed by atoms with E-state index in [1.54, 1.807) is 25.1 Å². The first-order chi connectivity index (χ1) is 11.4. The van der Waals surface area contributed by atoms with E-state index in [9.17, 15) is 13.2 Å². The molecule has 2 aliphatic rings. The van der Waals surface area contributed by atoms with E-state index in [4.69, 9.17) is 4.52 Å². The molecular formula is C16H17N3O4S. The molecule has 1 aromatic carbocycles. The van der Waals surface area contributed by atoms with Crippen LogP contribution in [0.1, 0.15) is 12.0 Å². The molecule has 1 aromatic heterocycles. The number of carbonyl (C=O) groups is 1. The minimum Gasteiger partial charge on any atom is -0.356 e. The summed E-state index contributed by atoms with van der Waals surface area (Å²) in [5, 5.41) is 6.51. The van der Waals surface area contributed by atoms with Crippen LogP contribution in [-0.4, -0.2) is 42.9 Å². The number of aryl methyl sites for hydroxylation is 1. The molecule has 1 N–H and O–H groups in total. The Balaban J connectivity index is 1.68. The summed E-state index contributed by atoms with van der Waals surface area (Å²) in [5.41, 5.74) is 1.35. The second kappa shape index (κ2) is 5.42. The van der Waals surface area contributed by atoms with Crippen molar-refractivity contribution in [1.82, 2.24) is 14.8 Å². The zero-order chi connectivity index (χ0) is 16.9. The van der Waals surface area contributed by atoms with Gasteiger partial charge in [-0.3, -0.25) is 4.79 Å². The Hall–Kier alpha value is -2.19. The molecule has 2 saturated heterocycles. The van der Waals surface area contributed by atoms with Crippen molar-refractivity contribution in [2.45, 2.75) is 24.3 Å². The summed E-state index contributed by atoms with van der Waals surface area (Å²) in [5.74, 6) is 0.590. The lowest BCUT2D eigenvalue weighted by Crippen LogP contribution is -2.35. The van der Waals surface area contributed by atoms with Crippen molar-refractivity contribution in [2.24, 2.45) is 5.92 Å². The molecule has 2 aliphatic heterocycles. The molecule has 2 atom stereocenters. The van der Waals surface area contributed by atoms with Gasteiger partial charge in [0, 0.05) is 43.1 Å². The van der Waals surface area contributed by atoms with E-state index >= 15 is 0 Å². The Bertz CT molecular complexity index is 876. The fourth-order valence-electron chi connectivity index (χ4n) is 3.44. The van der Waals surface area contributed by atoms with Crippen LogP contribution in [0.3, 0.4) is 0 Å².